The molecule has 0 aromatic carbocycles. The molecule has 1 aliphatic heterocycles. The molecule has 0 saturated carbocycles. The molecule has 1 fully saturated rings. The van der Waals surface area contributed by atoms with Gasteiger partial charge in [0.1, 0.15) is 0 Å². The lowest BCUT2D eigenvalue weighted by molar-refractivity contribution is 0.00645. The Hall–Kier alpha value is -0.120. The highest BCUT2D eigenvalue weighted by molar-refractivity contribution is 4.78. The van der Waals surface area contributed by atoms with Crippen LogP contribution in [-0.2, 0) is 4.74 Å². The normalized spacial score (nSPS) is 20.6. The molecule has 0 aliphatic carbocycles. The molecule has 0 amide bonds. The lowest BCUT2D eigenvalue weighted by Crippen LogP contribution is -2.50. The summed E-state index contributed by atoms with van der Waals surface area (Å²) in [6.45, 7) is 15.3. The van der Waals surface area contributed by atoms with E-state index in [9.17, 15) is 0 Å². The predicted octanol–water partition coefficient (Wildman–Crippen LogP) is 1.59. The van der Waals surface area contributed by atoms with Gasteiger partial charge in [-0.05, 0) is 18.4 Å². The van der Waals surface area contributed by atoms with E-state index in [2.05, 4.69) is 37.9 Å². The Kier molecular flexibility index (Phi) is 6.32. The largest absolute Gasteiger partial charge is 0.379 e. The van der Waals surface area contributed by atoms with Gasteiger partial charge in [0.15, 0.2) is 0 Å². The second kappa shape index (κ2) is 7.25. The fourth-order valence-electron chi connectivity index (χ4n) is 2.22. The molecule has 0 radical (unpaired) electrons. The van der Waals surface area contributed by atoms with Crippen LogP contribution in [0, 0.1) is 11.8 Å². The van der Waals surface area contributed by atoms with Crippen molar-refractivity contribution in [2.45, 2.75) is 33.7 Å². The van der Waals surface area contributed by atoms with E-state index in [0.717, 1.165) is 45.3 Å². The van der Waals surface area contributed by atoms with Gasteiger partial charge in [-0.3, -0.25) is 4.90 Å². The quantitative estimate of drug-likeness (QED) is 0.747. The zero-order chi connectivity index (χ0) is 12.0. The van der Waals surface area contributed by atoms with Crippen LogP contribution < -0.4 is 5.32 Å². The third kappa shape index (κ3) is 4.81. The number of rotatable bonds is 6. The van der Waals surface area contributed by atoms with Crippen LogP contribution in [-0.4, -0.2) is 50.3 Å². The van der Waals surface area contributed by atoms with Gasteiger partial charge in [0, 0.05) is 25.7 Å². The molecule has 0 spiro atoms. The molecule has 0 bridgehead atoms. The molecule has 1 aliphatic rings. The summed E-state index contributed by atoms with van der Waals surface area (Å²) in [6, 6.07) is 0.655. The first-order chi connectivity index (χ1) is 7.61. The molecule has 1 rings (SSSR count). The van der Waals surface area contributed by atoms with Gasteiger partial charge in [-0.1, -0.05) is 27.7 Å². The Morgan fingerprint density at radius 1 is 1.06 bits per heavy atom. The molecular weight excluding hydrogens is 200 g/mol. The third-order valence-corrected chi connectivity index (χ3v) is 3.19. The summed E-state index contributed by atoms with van der Waals surface area (Å²) in [5, 5.41) is 3.58. The Bertz CT molecular complexity index is 177. The summed E-state index contributed by atoms with van der Waals surface area (Å²) in [7, 11) is 0. The highest BCUT2D eigenvalue weighted by atomic mass is 16.5. The summed E-state index contributed by atoms with van der Waals surface area (Å²) in [5.41, 5.74) is 0. The minimum absolute atomic E-state index is 0.655. The molecule has 3 nitrogen and oxygen atoms in total. The van der Waals surface area contributed by atoms with Gasteiger partial charge in [-0.15, -0.1) is 0 Å². The molecule has 16 heavy (non-hydrogen) atoms. The standard InChI is InChI=1S/C13H28N2O/c1-11(2)9-14-10-13(12(3)4)15-5-7-16-8-6-15/h11-14H,5-10H2,1-4H3. The molecular formula is C13H28N2O. The smallest absolute Gasteiger partial charge is 0.0594 e. The van der Waals surface area contributed by atoms with E-state index in [1.807, 2.05) is 0 Å². The molecule has 1 unspecified atom stereocenters. The molecule has 1 heterocycles. The van der Waals surface area contributed by atoms with E-state index in [4.69, 9.17) is 4.74 Å². The highest BCUT2D eigenvalue weighted by Gasteiger charge is 2.23. The van der Waals surface area contributed by atoms with Crippen molar-refractivity contribution < 1.29 is 4.74 Å². The lowest BCUT2D eigenvalue weighted by Gasteiger charge is -2.37. The van der Waals surface area contributed by atoms with Crippen LogP contribution >= 0.6 is 0 Å². The van der Waals surface area contributed by atoms with Crippen molar-refractivity contribution in [2.75, 3.05) is 39.4 Å². The molecule has 0 aromatic rings. The van der Waals surface area contributed by atoms with Crippen molar-refractivity contribution in [1.29, 1.82) is 0 Å². The summed E-state index contributed by atoms with van der Waals surface area (Å²) < 4.78 is 5.41. The maximum absolute atomic E-state index is 5.41. The minimum Gasteiger partial charge on any atom is -0.379 e. The minimum atomic E-state index is 0.655. The lowest BCUT2D eigenvalue weighted by atomic mass is 10.0. The molecule has 3 heteroatoms. The number of hydrogen-bond acceptors (Lipinski definition) is 3. The number of nitrogens with one attached hydrogen (secondary N) is 1. The van der Waals surface area contributed by atoms with Crippen LogP contribution in [0.3, 0.4) is 0 Å². The summed E-state index contributed by atoms with van der Waals surface area (Å²) in [5.74, 6) is 1.44. The summed E-state index contributed by atoms with van der Waals surface area (Å²) in [4.78, 5) is 2.57. The first kappa shape index (κ1) is 13.9. The Labute approximate surface area is 101 Å². The van der Waals surface area contributed by atoms with Gasteiger partial charge in [-0.2, -0.15) is 0 Å². The van der Waals surface area contributed by atoms with Crippen molar-refractivity contribution in [1.82, 2.24) is 10.2 Å². The second-order valence-electron chi connectivity index (χ2n) is 5.51. The zero-order valence-electron chi connectivity index (χ0n) is 11.3. The fraction of sp³-hybridized carbons (Fsp3) is 1.00. The van der Waals surface area contributed by atoms with Crippen LogP contribution in [0.1, 0.15) is 27.7 Å². The molecule has 1 atom stereocenters. The first-order valence-electron chi connectivity index (χ1n) is 6.63. The van der Waals surface area contributed by atoms with Crippen molar-refractivity contribution in [2.24, 2.45) is 11.8 Å². The summed E-state index contributed by atoms with van der Waals surface area (Å²) >= 11 is 0. The Morgan fingerprint density at radius 2 is 1.69 bits per heavy atom. The second-order valence-corrected chi connectivity index (χ2v) is 5.51. The van der Waals surface area contributed by atoms with Crippen LogP contribution in [0.5, 0.6) is 0 Å². The monoisotopic (exact) mass is 228 g/mol. The maximum atomic E-state index is 5.41. The van der Waals surface area contributed by atoms with E-state index in [1.54, 1.807) is 0 Å². The van der Waals surface area contributed by atoms with E-state index >= 15 is 0 Å². The van der Waals surface area contributed by atoms with Gasteiger partial charge >= 0.3 is 0 Å². The molecule has 96 valence electrons. The average molecular weight is 228 g/mol. The van der Waals surface area contributed by atoms with Crippen LogP contribution in [0.15, 0.2) is 0 Å². The summed E-state index contributed by atoms with van der Waals surface area (Å²) in [6.07, 6.45) is 0. The van der Waals surface area contributed by atoms with Crippen LogP contribution in [0.25, 0.3) is 0 Å². The van der Waals surface area contributed by atoms with Gasteiger partial charge in [0.2, 0.25) is 0 Å². The first-order valence-corrected chi connectivity index (χ1v) is 6.63. The Balaban J connectivity index is 2.34. The van der Waals surface area contributed by atoms with Gasteiger partial charge in [0.05, 0.1) is 13.2 Å². The average Bonchev–Trinajstić information content (AvgIpc) is 2.25. The van der Waals surface area contributed by atoms with Crippen LogP contribution in [0.4, 0.5) is 0 Å². The number of hydrogen-bond donors (Lipinski definition) is 1. The van der Waals surface area contributed by atoms with Crippen molar-refractivity contribution >= 4 is 0 Å². The van der Waals surface area contributed by atoms with Crippen molar-refractivity contribution in [3.63, 3.8) is 0 Å². The van der Waals surface area contributed by atoms with Crippen molar-refractivity contribution in [3.05, 3.63) is 0 Å². The highest BCUT2D eigenvalue weighted by Crippen LogP contribution is 2.12. The number of ether oxygens (including phenoxy) is 1. The van der Waals surface area contributed by atoms with E-state index in [0.29, 0.717) is 12.0 Å². The van der Waals surface area contributed by atoms with Gasteiger partial charge < -0.3 is 10.1 Å². The topological polar surface area (TPSA) is 24.5 Å². The van der Waals surface area contributed by atoms with Gasteiger partial charge in [-0.25, -0.2) is 0 Å². The predicted molar refractivity (Wildman–Crippen MR) is 68.7 cm³/mol. The Morgan fingerprint density at radius 3 is 2.19 bits per heavy atom. The molecule has 1 N–H and O–H groups in total. The van der Waals surface area contributed by atoms with Gasteiger partial charge in [0.25, 0.3) is 0 Å². The van der Waals surface area contributed by atoms with Crippen LogP contribution in [0.2, 0.25) is 0 Å². The third-order valence-electron chi connectivity index (χ3n) is 3.19. The molecule has 1 saturated heterocycles. The van der Waals surface area contributed by atoms with Crippen molar-refractivity contribution in [3.8, 4) is 0 Å². The number of morpholine rings is 1. The fourth-order valence-corrected chi connectivity index (χ4v) is 2.22. The molecule has 0 aromatic heterocycles. The maximum Gasteiger partial charge on any atom is 0.0594 e. The zero-order valence-corrected chi connectivity index (χ0v) is 11.3. The SMILES string of the molecule is CC(C)CNCC(C(C)C)N1CCOCC1. The van der Waals surface area contributed by atoms with E-state index in [-0.39, 0.29) is 0 Å². The number of nitrogens with zero attached hydrogens (tertiary/aromatic N) is 1. The van der Waals surface area contributed by atoms with E-state index < -0.39 is 0 Å². The van der Waals surface area contributed by atoms with E-state index in [1.165, 1.54) is 0 Å².